The van der Waals surface area contributed by atoms with Gasteiger partial charge in [0.15, 0.2) is 0 Å². The van der Waals surface area contributed by atoms with Crippen molar-refractivity contribution in [3.63, 3.8) is 0 Å². The molecule has 152 valence electrons. The Morgan fingerprint density at radius 2 is 1.82 bits per heavy atom. The number of piperidine rings is 2. The molecule has 4 fully saturated rings. The zero-order chi connectivity index (χ0) is 19.5. The van der Waals surface area contributed by atoms with Gasteiger partial charge in [-0.2, -0.15) is 13.8 Å². The molecule has 4 heterocycles. The number of carbonyl (C=O) groups is 1. The summed E-state index contributed by atoms with van der Waals surface area (Å²) in [7, 11) is 0. The zero-order valence-electron chi connectivity index (χ0n) is 15.9. The standard InChI is InChI=1S/C20H26F2N4O2/c21-20(22)5-3-4-14-17(20)23-19(25-6-1-2-7-25)24-18(14)26-10-12-8-13(11-26)15(12)9-16(27)28/h12-13,15H,1-11H2,(H,27,28)/t12-,13+,15?. The third-order valence-corrected chi connectivity index (χ3v) is 7.06. The van der Waals surface area contributed by atoms with Crippen molar-refractivity contribution in [2.24, 2.45) is 17.8 Å². The van der Waals surface area contributed by atoms with Gasteiger partial charge in [0.1, 0.15) is 11.5 Å². The molecule has 8 heteroatoms. The number of nitrogens with zero attached hydrogens (tertiary/aromatic N) is 4. The van der Waals surface area contributed by atoms with Crippen molar-refractivity contribution in [2.45, 2.75) is 50.9 Å². The molecule has 3 saturated heterocycles. The number of aromatic nitrogens is 2. The summed E-state index contributed by atoms with van der Waals surface area (Å²) in [5, 5.41) is 9.14. The number of rotatable bonds is 4. The Bertz CT molecular complexity index is 785. The normalized spacial score (nSPS) is 30.7. The van der Waals surface area contributed by atoms with E-state index in [1.807, 2.05) is 4.90 Å². The predicted octanol–water partition coefficient (Wildman–Crippen LogP) is 3.05. The van der Waals surface area contributed by atoms with Crippen LogP contribution in [-0.4, -0.2) is 47.2 Å². The maximum atomic E-state index is 14.7. The van der Waals surface area contributed by atoms with Gasteiger partial charge >= 0.3 is 5.97 Å². The highest BCUT2D eigenvalue weighted by Gasteiger charge is 2.49. The van der Waals surface area contributed by atoms with Gasteiger partial charge in [0, 0.05) is 44.6 Å². The van der Waals surface area contributed by atoms with Gasteiger partial charge in [0.2, 0.25) is 5.95 Å². The fourth-order valence-corrected chi connectivity index (χ4v) is 5.61. The molecular weight excluding hydrogens is 366 g/mol. The Morgan fingerprint density at radius 3 is 2.50 bits per heavy atom. The van der Waals surface area contributed by atoms with Crippen molar-refractivity contribution in [3.05, 3.63) is 11.3 Å². The molecule has 6 rings (SSSR count). The molecule has 6 nitrogen and oxygen atoms in total. The van der Waals surface area contributed by atoms with Crippen molar-refractivity contribution >= 4 is 17.7 Å². The summed E-state index contributed by atoms with van der Waals surface area (Å²) < 4.78 is 29.4. The van der Waals surface area contributed by atoms with Crippen LogP contribution in [0.25, 0.3) is 0 Å². The monoisotopic (exact) mass is 392 g/mol. The molecule has 2 bridgehead atoms. The summed E-state index contributed by atoms with van der Waals surface area (Å²) in [5.74, 6) is -1.68. The van der Waals surface area contributed by atoms with Crippen LogP contribution in [0.4, 0.5) is 20.5 Å². The van der Waals surface area contributed by atoms with E-state index in [1.54, 1.807) is 0 Å². The number of alkyl halides is 2. The highest BCUT2D eigenvalue weighted by atomic mass is 19.3. The van der Waals surface area contributed by atoms with E-state index in [-0.39, 0.29) is 24.5 Å². The Kier molecular flexibility index (Phi) is 4.21. The Balaban J connectivity index is 1.49. The van der Waals surface area contributed by atoms with Gasteiger partial charge in [-0.15, -0.1) is 0 Å². The van der Waals surface area contributed by atoms with Crippen LogP contribution in [0.1, 0.15) is 49.8 Å². The third kappa shape index (κ3) is 2.92. The zero-order valence-corrected chi connectivity index (χ0v) is 15.9. The molecule has 1 saturated carbocycles. The van der Waals surface area contributed by atoms with Crippen molar-refractivity contribution in [1.29, 1.82) is 0 Å². The second-order valence-corrected chi connectivity index (χ2v) is 8.85. The molecule has 5 aliphatic rings. The van der Waals surface area contributed by atoms with Crippen molar-refractivity contribution in [1.82, 2.24) is 9.97 Å². The van der Waals surface area contributed by atoms with Crippen LogP contribution in [0, 0.1) is 17.8 Å². The van der Waals surface area contributed by atoms with Crippen molar-refractivity contribution in [2.75, 3.05) is 36.0 Å². The maximum Gasteiger partial charge on any atom is 0.303 e. The van der Waals surface area contributed by atoms with Crippen LogP contribution >= 0.6 is 0 Å². The molecule has 1 aromatic rings. The minimum atomic E-state index is -2.90. The van der Waals surface area contributed by atoms with Gasteiger partial charge in [-0.05, 0) is 49.9 Å². The molecular formula is C20H26F2N4O2. The lowest BCUT2D eigenvalue weighted by Crippen LogP contribution is -2.56. The van der Waals surface area contributed by atoms with Crippen LogP contribution in [0.2, 0.25) is 0 Å². The van der Waals surface area contributed by atoms with E-state index in [2.05, 4.69) is 9.88 Å². The largest absolute Gasteiger partial charge is 0.481 e. The summed E-state index contributed by atoms with van der Waals surface area (Å²) in [6.07, 6.45) is 4.21. The van der Waals surface area contributed by atoms with Crippen LogP contribution in [0.3, 0.4) is 0 Å². The lowest BCUT2D eigenvalue weighted by molar-refractivity contribution is -0.141. The van der Waals surface area contributed by atoms with E-state index < -0.39 is 11.9 Å². The summed E-state index contributed by atoms with van der Waals surface area (Å²) >= 11 is 0. The Labute approximate surface area is 162 Å². The lowest BCUT2D eigenvalue weighted by atomic mass is 9.60. The average molecular weight is 392 g/mol. The summed E-state index contributed by atoms with van der Waals surface area (Å²) in [6, 6.07) is 0. The number of carboxylic acid groups (broad SMARTS) is 1. The van der Waals surface area contributed by atoms with Crippen LogP contribution in [0.15, 0.2) is 0 Å². The van der Waals surface area contributed by atoms with E-state index in [4.69, 9.17) is 10.1 Å². The first-order valence-corrected chi connectivity index (χ1v) is 10.4. The molecule has 1 N–H and O–H groups in total. The van der Waals surface area contributed by atoms with Crippen molar-refractivity contribution in [3.8, 4) is 0 Å². The number of fused-ring (bicyclic) bond motifs is 3. The van der Waals surface area contributed by atoms with Gasteiger partial charge in [-0.25, -0.2) is 4.98 Å². The van der Waals surface area contributed by atoms with Gasteiger partial charge in [0.05, 0.1) is 0 Å². The summed E-state index contributed by atoms with van der Waals surface area (Å²) in [6.45, 7) is 3.05. The minimum absolute atomic E-state index is 0.0769. The lowest BCUT2D eigenvalue weighted by Gasteiger charge is -2.54. The molecule has 3 atom stereocenters. The van der Waals surface area contributed by atoms with E-state index in [0.717, 1.165) is 32.4 Å². The number of aliphatic carboxylic acids is 1. The van der Waals surface area contributed by atoms with E-state index in [9.17, 15) is 13.6 Å². The number of anilines is 2. The van der Waals surface area contributed by atoms with Gasteiger partial charge in [-0.3, -0.25) is 4.79 Å². The molecule has 0 aromatic carbocycles. The number of hydrogen-bond acceptors (Lipinski definition) is 5. The van der Waals surface area contributed by atoms with Gasteiger partial charge < -0.3 is 14.9 Å². The molecule has 0 radical (unpaired) electrons. The molecule has 2 aliphatic carbocycles. The van der Waals surface area contributed by atoms with E-state index in [1.165, 1.54) is 0 Å². The van der Waals surface area contributed by atoms with Crippen LogP contribution < -0.4 is 9.80 Å². The average Bonchev–Trinajstić information content (AvgIpc) is 3.20. The highest BCUT2D eigenvalue weighted by molar-refractivity contribution is 5.67. The minimum Gasteiger partial charge on any atom is -0.481 e. The second kappa shape index (κ2) is 6.52. The number of carboxylic acids is 1. The van der Waals surface area contributed by atoms with Crippen LogP contribution in [-0.2, 0) is 17.1 Å². The fourth-order valence-electron chi connectivity index (χ4n) is 5.61. The third-order valence-electron chi connectivity index (χ3n) is 7.06. The van der Waals surface area contributed by atoms with E-state index >= 15 is 0 Å². The SMILES string of the molecule is O=C(O)CC1[C@@H]2C[C@H]1CN(c1nc(N3CCCC3)nc3c1CCCC3(F)F)C2. The first-order chi connectivity index (χ1) is 13.4. The molecule has 1 unspecified atom stereocenters. The first-order valence-electron chi connectivity index (χ1n) is 10.4. The summed E-state index contributed by atoms with van der Waals surface area (Å²) in [4.78, 5) is 24.4. The molecule has 0 spiro atoms. The quantitative estimate of drug-likeness (QED) is 0.849. The Morgan fingerprint density at radius 1 is 1.11 bits per heavy atom. The molecule has 0 amide bonds. The number of hydrogen-bond donors (Lipinski definition) is 1. The molecule has 28 heavy (non-hydrogen) atoms. The topological polar surface area (TPSA) is 69.6 Å². The van der Waals surface area contributed by atoms with Gasteiger partial charge in [-0.1, -0.05) is 0 Å². The summed E-state index contributed by atoms with van der Waals surface area (Å²) in [5.41, 5.74) is 0.530. The second-order valence-electron chi connectivity index (χ2n) is 8.85. The van der Waals surface area contributed by atoms with Crippen molar-refractivity contribution < 1.29 is 18.7 Å². The predicted molar refractivity (Wildman–Crippen MR) is 99.9 cm³/mol. The van der Waals surface area contributed by atoms with Crippen LogP contribution in [0.5, 0.6) is 0 Å². The highest BCUT2D eigenvalue weighted by Crippen LogP contribution is 2.50. The fraction of sp³-hybridized carbons (Fsp3) is 0.750. The Hall–Kier alpha value is -1.99. The first kappa shape index (κ1) is 18.1. The smallest absolute Gasteiger partial charge is 0.303 e. The van der Waals surface area contributed by atoms with Gasteiger partial charge in [0.25, 0.3) is 5.92 Å². The molecule has 3 aliphatic heterocycles. The maximum absolute atomic E-state index is 14.7. The van der Waals surface area contributed by atoms with E-state index in [0.29, 0.717) is 55.1 Å². The molecule has 1 aromatic heterocycles. The number of halogens is 2.